The van der Waals surface area contributed by atoms with Crippen LogP contribution in [0, 0.1) is 12.8 Å². The molecule has 2 aromatic heterocycles. The van der Waals surface area contributed by atoms with Gasteiger partial charge in [-0.2, -0.15) is 0 Å². The number of alkyl halides is 2. The van der Waals surface area contributed by atoms with E-state index in [0.717, 1.165) is 46.7 Å². The Morgan fingerprint density at radius 3 is 2.51 bits per heavy atom. The van der Waals surface area contributed by atoms with Crippen molar-refractivity contribution >= 4 is 29.1 Å². The number of benzene rings is 1. The van der Waals surface area contributed by atoms with E-state index in [2.05, 4.69) is 20.3 Å². The van der Waals surface area contributed by atoms with E-state index in [1.165, 1.54) is 30.0 Å². The summed E-state index contributed by atoms with van der Waals surface area (Å²) in [5, 5.41) is 28.9. The van der Waals surface area contributed by atoms with Crippen molar-refractivity contribution in [1.29, 1.82) is 0 Å². The Morgan fingerprint density at radius 2 is 1.86 bits per heavy atom. The highest BCUT2D eigenvalue weighted by molar-refractivity contribution is 7.15. The summed E-state index contributed by atoms with van der Waals surface area (Å²) < 4.78 is 25.8. The molecule has 3 aromatic rings. The zero-order chi connectivity index (χ0) is 25.6. The van der Waals surface area contributed by atoms with Crippen molar-refractivity contribution in [2.24, 2.45) is 5.92 Å². The Labute approximate surface area is 205 Å². The zero-order valence-corrected chi connectivity index (χ0v) is 20.2. The molecule has 0 amide bonds. The van der Waals surface area contributed by atoms with E-state index in [1.54, 1.807) is 6.20 Å². The normalized spacial score (nSPS) is 15.7. The summed E-state index contributed by atoms with van der Waals surface area (Å²) >= 11 is 1.50. The lowest BCUT2D eigenvalue weighted by molar-refractivity contribution is -0.0216. The van der Waals surface area contributed by atoms with Crippen molar-refractivity contribution in [2.45, 2.75) is 58.0 Å². The third-order valence-corrected chi connectivity index (χ3v) is 7.13. The number of aromatic nitrogens is 3. The molecule has 1 saturated carbocycles. The third-order valence-electron chi connectivity index (χ3n) is 5.86. The molecule has 1 aliphatic rings. The largest absolute Gasteiger partial charge is 0.503 e. The average molecular weight is 507 g/mol. The van der Waals surface area contributed by atoms with Crippen molar-refractivity contribution < 1.29 is 28.9 Å². The first-order chi connectivity index (χ1) is 16.6. The second kappa shape index (κ2) is 11.5. The minimum Gasteiger partial charge on any atom is -0.450 e. The number of hydrogen-bond acceptors (Lipinski definition) is 7. The van der Waals surface area contributed by atoms with Crippen LogP contribution in [-0.2, 0) is 5.60 Å². The van der Waals surface area contributed by atoms with Crippen LogP contribution in [0.25, 0.3) is 10.4 Å². The van der Waals surface area contributed by atoms with Gasteiger partial charge in [-0.15, -0.1) is 11.3 Å². The van der Waals surface area contributed by atoms with E-state index < -0.39 is 18.2 Å². The molecule has 1 fully saturated rings. The van der Waals surface area contributed by atoms with Crippen LogP contribution in [0.5, 0.6) is 0 Å². The number of carbonyl (C=O) groups is 1. The van der Waals surface area contributed by atoms with Crippen LogP contribution in [0.1, 0.15) is 61.7 Å². The summed E-state index contributed by atoms with van der Waals surface area (Å²) in [6.45, 7) is 3.84. The van der Waals surface area contributed by atoms with Gasteiger partial charge in [0.05, 0.1) is 4.88 Å². The summed E-state index contributed by atoms with van der Waals surface area (Å²) in [6.07, 6.45) is 4.22. The van der Waals surface area contributed by atoms with Crippen molar-refractivity contribution in [2.75, 3.05) is 5.32 Å². The molecule has 4 rings (SSSR count). The minimum absolute atomic E-state index is 0.125. The van der Waals surface area contributed by atoms with Gasteiger partial charge in [0.25, 0.3) is 6.43 Å². The molecule has 1 unspecified atom stereocenters. The average Bonchev–Trinajstić information content (AvgIpc) is 3.30. The maximum absolute atomic E-state index is 12.9. The monoisotopic (exact) mass is 506 g/mol. The smallest absolute Gasteiger partial charge is 0.450 e. The van der Waals surface area contributed by atoms with Gasteiger partial charge in [-0.25, -0.2) is 28.5 Å². The van der Waals surface area contributed by atoms with Gasteiger partial charge in [0.2, 0.25) is 5.95 Å². The lowest BCUT2D eigenvalue weighted by Crippen LogP contribution is -2.33. The molecule has 0 saturated heterocycles. The lowest BCUT2D eigenvalue weighted by Gasteiger charge is -2.33. The molecule has 1 aromatic carbocycles. The maximum atomic E-state index is 12.9. The first kappa shape index (κ1) is 26.4. The van der Waals surface area contributed by atoms with Crippen LogP contribution in [0.2, 0.25) is 0 Å². The number of nitrogens with zero attached hydrogens (tertiary/aromatic N) is 3. The van der Waals surface area contributed by atoms with Crippen molar-refractivity contribution in [3.63, 3.8) is 0 Å². The lowest BCUT2D eigenvalue weighted by atomic mass is 9.78. The van der Waals surface area contributed by atoms with Crippen LogP contribution in [-0.4, -0.2) is 36.4 Å². The van der Waals surface area contributed by atoms with Crippen LogP contribution < -0.4 is 5.32 Å². The van der Waals surface area contributed by atoms with Gasteiger partial charge in [0, 0.05) is 18.1 Å². The topological polar surface area (TPSA) is 128 Å². The highest BCUT2D eigenvalue weighted by Crippen LogP contribution is 2.42. The van der Waals surface area contributed by atoms with E-state index in [-0.39, 0.29) is 17.6 Å². The zero-order valence-electron chi connectivity index (χ0n) is 19.4. The predicted octanol–water partition coefficient (Wildman–Crippen LogP) is 6.60. The molecule has 0 aliphatic heterocycles. The van der Waals surface area contributed by atoms with Crippen LogP contribution in [0.3, 0.4) is 0 Å². The third kappa shape index (κ3) is 7.15. The summed E-state index contributed by atoms with van der Waals surface area (Å²) in [5.74, 6) is 0.355. The van der Waals surface area contributed by atoms with Gasteiger partial charge in [-0.05, 0) is 61.9 Å². The fourth-order valence-corrected chi connectivity index (χ4v) is 5.19. The molecular formula is C24H28F2N4O4S. The molecule has 11 heteroatoms. The standard InChI is InChI=1S/C23H26F2N4OS.CH2O3/c1-14-10-15(12-17(11-14)28-22-26-9-8-18(29-22)20(24)25)19-13-27-21(31-19)23(2,30)16-6-4-3-5-7-16;2-1(3)4/h8-13,16,20,30H,3-7H2,1-2H3,(H,26,28,29);(H2,2,3,4). The molecule has 35 heavy (non-hydrogen) atoms. The van der Waals surface area contributed by atoms with Gasteiger partial charge >= 0.3 is 6.16 Å². The number of aryl methyl sites for hydroxylation is 1. The van der Waals surface area contributed by atoms with Crippen molar-refractivity contribution in [3.8, 4) is 10.4 Å². The number of rotatable bonds is 6. The molecule has 2 heterocycles. The Bertz CT molecular complexity index is 1150. The van der Waals surface area contributed by atoms with Crippen LogP contribution in [0.4, 0.5) is 25.2 Å². The molecule has 8 nitrogen and oxygen atoms in total. The highest BCUT2D eigenvalue weighted by Gasteiger charge is 2.37. The molecule has 0 bridgehead atoms. The molecular weight excluding hydrogens is 478 g/mol. The number of thiazole rings is 1. The molecule has 1 atom stereocenters. The van der Waals surface area contributed by atoms with E-state index in [4.69, 9.17) is 15.0 Å². The molecule has 0 radical (unpaired) electrons. The fourth-order valence-electron chi connectivity index (χ4n) is 4.16. The van der Waals surface area contributed by atoms with Crippen LogP contribution in [0.15, 0.2) is 36.7 Å². The molecule has 188 valence electrons. The van der Waals surface area contributed by atoms with Crippen molar-refractivity contribution in [1.82, 2.24) is 15.0 Å². The fraction of sp³-hybridized carbons (Fsp3) is 0.417. The number of nitrogens with one attached hydrogen (secondary N) is 1. The van der Waals surface area contributed by atoms with Crippen LogP contribution >= 0.6 is 11.3 Å². The van der Waals surface area contributed by atoms with Gasteiger partial charge in [-0.3, -0.25) is 0 Å². The van der Waals surface area contributed by atoms with E-state index >= 15 is 0 Å². The first-order valence-electron chi connectivity index (χ1n) is 11.2. The number of halogens is 2. The number of anilines is 2. The number of hydrogen-bond donors (Lipinski definition) is 4. The Hall–Kier alpha value is -3.18. The van der Waals surface area contributed by atoms with E-state index in [1.807, 2.05) is 32.0 Å². The number of aliphatic hydroxyl groups is 1. The SMILES string of the molecule is Cc1cc(Nc2nccc(C(F)F)n2)cc(-c2cnc(C(C)(O)C3CCCCC3)s2)c1.O=C(O)O. The quantitative estimate of drug-likeness (QED) is 0.294. The second-order valence-electron chi connectivity index (χ2n) is 8.61. The minimum atomic E-state index is -2.65. The summed E-state index contributed by atoms with van der Waals surface area (Å²) in [7, 11) is 0. The number of carboxylic acid groups (broad SMARTS) is 2. The first-order valence-corrected chi connectivity index (χ1v) is 12.0. The maximum Gasteiger partial charge on any atom is 0.503 e. The van der Waals surface area contributed by atoms with Gasteiger partial charge in [0.15, 0.2) is 0 Å². The van der Waals surface area contributed by atoms with Crippen molar-refractivity contribution in [3.05, 3.63) is 52.9 Å². The van der Waals surface area contributed by atoms with Gasteiger partial charge in [-0.1, -0.05) is 25.3 Å². The predicted molar refractivity (Wildman–Crippen MR) is 129 cm³/mol. The summed E-state index contributed by atoms with van der Waals surface area (Å²) in [5.41, 5.74) is 1.39. The summed E-state index contributed by atoms with van der Waals surface area (Å²) in [6, 6.07) is 7.06. The van der Waals surface area contributed by atoms with Gasteiger partial charge in [0.1, 0.15) is 16.3 Å². The van der Waals surface area contributed by atoms with E-state index in [9.17, 15) is 13.9 Å². The van der Waals surface area contributed by atoms with E-state index in [0.29, 0.717) is 5.69 Å². The summed E-state index contributed by atoms with van der Waals surface area (Å²) in [4.78, 5) is 22.0. The molecule has 1 aliphatic carbocycles. The molecule has 4 N–H and O–H groups in total. The Kier molecular flexibility index (Phi) is 8.68. The van der Waals surface area contributed by atoms with Gasteiger partial charge < -0.3 is 20.6 Å². The Balaban J connectivity index is 0.000000795. The molecule has 0 spiro atoms. The second-order valence-corrected chi connectivity index (χ2v) is 9.64. The Morgan fingerprint density at radius 1 is 1.17 bits per heavy atom. The highest BCUT2D eigenvalue weighted by atomic mass is 32.1.